The van der Waals surface area contributed by atoms with Gasteiger partial charge in [0.15, 0.2) is 0 Å². The highest BCUT2D eigenvalue weighted by Gasteiger charge is 2.32. The van der Waals surface area contributed by atoms with Gasteiger partial charge < -0.3 is 19.3 Å². The number of aliphatic carboxylic acids is 2. The van der Waals surface area contributed by atoms with Crippen molar-refractivity contribution in [2.45, 2.75) is 96.3 Å². The number of aromatic nitrogens is 2. The Kier molecular flexibility index (Phi) is 12.3. The van der Waals surface area contributed by atoms with Crippen molar-refractivity contribution in [1.82, 2.24) is 9.13 Å². The topological polar surface area (TPSA) is 132 Å². The van der Waals surface area contributed by atoms with Crippen LogP contribution in [0.25, 0.3) is 54.7 Å². The lowest BCUT2D eigenvalue weighted by Crippen LogP contribution is -2.24. The number of rotatable bonds is 14. The first-order valence-corrected chi connectivity index (χ1v) is 23.8. The van der Waals surface area contributed by atoms with Crippen molar-refractivity contribution in [1.29, 1.82) is 10.5 Å². The van der Waals surface area contributed by atoms with E-state index in [0.29, 0.717) is 6.42 Å². The number of allylic oxidation sites excluding steroid dienone is 2. The number of hydrogen-bond acceptors (Lipinski definition) is 4. The number of aryl methyl sites for hydroxylation is 2. The molecule has 0 saturated heterocycles. The number of carbonyl (C=O) groups is 2. The Morgan fingerprint density at radius 1 is 0.478 bits per heavy atom. The van der Waals surface area contributed by atoms with Gasteiger partial charge in [0.2, 0.25) is 0 Å². The van der Waals surface area contributed by atoms with Gasteiger partial charge in [0.05, 0.1) is 0 Å². The first kappa shape index (κ1) is 47.8. The van der Waals surface area contributed by atoms with Crippen LogP contribution in [0.1, 0.15) is 108 Å². The van der Waals surface area contributed by atoms with E-state index in [1.165, 1.54) is 44.3 Å². The van der Waals surface area contributed by atoms with Crippen molar-refractivity contribution in [3.63, 3.8) is 0 Å². The summed E-state index contributed by atoms with van der Waals surface area (Å²) in [6.45, 7) is 16.9. The number of fused-ring (bicyclic) bond motifs is 6. The molecule has 0 bridgehead atoms. The van der Waals surface area contributed by atoms with Crippen LogP contribution in [-0.2, 0) is 45.3 Å². The van der Waals surface area contributed by atoms with Crippen LogP contribution in [-0.4, -0.2) is 31.3 Å². The van der Waals surface area contributed by atoms with E-state index in [1.54, 1.807) is 6.08 Å². The highest BCUT2D eigenvalue weighted by atomic mass is 16.4. The molecule has 0 radical (unpaired) electrons. The summed E-state index contributed by atoms with van der Waals surface area (Å²) in [5.41, 5.74) is 11.2. The molecular formula is C61H60N4O4. The molecule has 0 spiro atoms. The quantitative estimate of drug-likeness (QED) is 0.0825. The molecule has 348 valence electrons. The van der Waals surface area contributed by atoms with Crippen molar-refractivity contribution in [2.24, 2.45) is 14.1 Å². The molecule has 0 aliphatic heterocycles. The molecule has 2 N–H and O–H groups in total. The van der Waals surface area contributed by atoms with Crippen LogP contribution in [0.4, 0.5) is 0 Å². The van der Waals surface area contributed by atoms with E-state index in [-0.39, 0.29) is 22.0 Å². The zero-order chi connectivity index (χ0) is 49.8. The van der Waals surface area contributed by atoms with Crippen LogP contribution in [0.15, 0.2) is 145 Å². The maximum atomic E-state index is 11.7. The zero-order valence-corrected chi connectivity index (χ0v) is 41.3. The molecule has 8 nitrogen and oxygen atoms in total. The average Bonchev–Trinajstić information content (AvgIpc) is 3.81. The predicted octanol–water partition coefficient (Wildman–Crippen LogP) is 14.1. The van der Waals surface area contributed by atoms with Gasteiger partial charge in [-0.2, -0.15) is 10.5 Å². The summed E-state index contributed by atoms with van der Waals surface area (Å²) in [6.07, 6.45) is 5.48. The Labute approximate surface area is 405 Å². The van der Waals surface area contributed by atoms with Crippen LogP contribution in [0, 0.1) is 22.7 Å². The van der Waals surface area contributed by atoms with Crippen LogP contribution in [0.3, 0.4) is 0 Å². The summed E-state index contributed by atoms with van der Waals surface area (Å²) < 4.78 is 4.55. The van der Waals surface area contributed by atoms with E-state index < -0.39 is 22.8 Å². The molecule has 69 heavy (non-hydrogen) atoms. The molecule has 2 heterocycles. The molecule has 0 saturated carbocycles. The number of benzene rings is 6. The molecule has 2 aromatic heterocycles. The molecule has 8 rings (SSSR count). The Bertz CT molecular complexity index is 3520. The van der Waals surface area contributed by atoms with Crippen molar-refractivity contribution < 1.29 is 19.8 Å². The van der Waals surface area contributed by atoms with E-state index in [0.717, 1.165) is 62.7 Å². The van der Waals surface area contributed by atoms with E-state index in [9.17, 15) is 30.3 Å². The van der Waals surface area contributed by atoms with E-state index in [1.807, 2.05) is 39.8 Å². The molecule has 8 heteroatoms. The summed E-state index contributed by atoms with van der Waals surface area (Å²) >= 11 is 0. The van der Waals surface area contributed by atoms with Gasteiger partial charge in [-0.15, -0.1) is 0 Å². The summed E-state index contributed by atoms with van der Waals surface area (Å²) in [4.78, 5) is 23.4. The minimum atomic E-state index is -1.22. The molecule has 3 unspecified atom stereocenters. The van der Waals surface area contributed by atoms with Crippen LogP contribution in [0.5, 0.6) is 0 Å². The summed E-state index contributed by atoms with van der Waals surface area (Å²) in [5, 5.41) is 42.8. The second-order valence-corrected chi connectivity index (χ2v) is 20.0. The van der Waals surface area contributed by atoms with Gasteiger partial charge in [0, 0.05) is 79.4 Å². The van der Waals surface area contributed by atoms with E-state index >= 15 is 0 Å². The van der Waals surface area contributed by atoms with Gasteiger partial charge in [0.1, 0.15) is 23.3 Å². The SMILES string of the molecule is CCC(C)(/C=C(/C#N)C(=O)O)c1ccc(C(C)(CC)c2ccc3c(c2)c2cc(-c4ccc5c(c4)c4cc(C(C)(CC)c6ccc(C(C)(C)/C=C(/C#N)C(=O)O)cc6)ccc4n5C)ccc2n3C)cc1. The molecular weight excluding hydrogens is 853 g/mol. The molecule has 0 fully saturated rings. The largest absolute Gasteiger partial charge is 0.477 e. The van der Waals surface area contributed by atoms with Crippen molar-refractivity contribution in [3.05, 3.63) is 178 Å². The van der Waals surface area contributed by atoms with E-state index in [4.69, 9.17) is 0 Å². The number of nitrogens with zero attached hydrogens (tertiary/aromatic N) is 4. The summed E-state index contributed by atoms with van der Waals surface area (Å²) in [7, 11) is 4.26. The van der Waals surface area contributed by atoms with Crippen molar-refractivity contribution in [2.75, 3.05) is 0 Å². The first-order chi connectivity index (χ1) is 32.8. The minimum absolute atomic E-state index is 0.248. The molecule has 3 atom stereocenters. The lowest BCUT2D eigenvalue weighted by Gasteiger charge is -2.31. The van der Waals surface area contributed by atoms with Gasteiger partial charge in [0.25, 0.3) is 0 Å². The summed E-state index contributed by atoms with van der Waals surface area (Å²) in [5.74, 6) is -2.44. The van der Waals surface area contributed by atoms with Gasteiger partial charge in [-0.3, -0.25) is 0 Å². The smallest absolute Gasteiger partial charge is 0.346 e. The number of hydrogen-bond donors (Lipinski definition) is 2. The third-order valence-corrected chi connectivity index (χ3v) is 15.9. The molecule has 6 aromatic carbocycles. The Balaban J connectivity index is 1.16. The van der Waals surface area contributed by atoms with Crippen LogP contribution < -0.4 is 0 Å². The van der Waals surface area contributed by atoms with Crippen LogP contribution >= 0.6 is 0 Å². The third-order valence-electron chi connectivity index (χ3n) is 15.9. The lowest BCUT2D eigenvalue weighted by atomic mass is 9.72. The van der Waals surface area contributed by atoms with Gasteiger partial charge in [-0.25, -0.2) is 9.59 Å². The maximum absolute atomic E-state index is 11.7. The fourth-order valence-electron chi connectivity index (χ4n) is 10.6. The maximum Gasteiger partial charge on any atom is 0.346 e. The lowest BCUT2D eigenvalue weighted by molar-refractivity contribution is -0.133. The molecule has 8 aromatic rings. The second-order valence-electron chi connectivity index (χ2n) is 20.0. The fourth-order valence-corrected chi connectivity index (χ4v) is 10.6. The first-order valence-electron chi connectivity index (χ1n) is 23.8. The summed E-state index contributed by atoms with van der Waals surface area (Å²) in [6, 6.07) is 47.8. The number of carboxylic acid groups (broad SMARTS) is 2. The number of carboxylic acids is 2. The molecule has 0 aliphatic carbocycles. The standard InChI is InChI=1S/C61H60N4O4/c1-11-59(6,35-41(37-63)57(68)69)43-18-22-45(23-19-43)61(8,13-3)47-25-29-55-51(33-47)49-31-39(15-27-53(49)65(55)10)38-14-26-52-48(30-38)50-32-46(24-28-54(50)64(52)9)60(7,12-2)44-20-16-42(17-21-44)58(4,5)34-40(36-62)56(66)67/h14-35H,11-13H2,1-10H3,(H,66,67)(H,68,69)/b40-34-,41-35-. The number of nitriles is 2. The monoisotopic (exact) mass is 912 g/mol. The Hall–Kier alpha value is -7.68. The Morgan fingerprint density at radius 3 is 1.17 bits per heavy atom. The molecule has 0 amide bonds. The highest BCUT2D eigenvalue weighted by molar-refractivity contribution is 6.12. The highest BCUT2D eigenvalue weighted by Crippen LogP contribution is 2.43. The normalized spacial score (nSPS) is 15.1. The van der Waals surface area contributed by atoms with Gasteiger partial charge in [-0.05, 0) is 124 Å². The Morgan fingerprint density at radius 2 is 0.812 bits per heavy atom. The third kappa shape index (κ3) is 8.08. The predicted molar refractivity (Wildman–Crippen MR) is 280 cm³/mol. The van der Waals surface area contributed by atoms with Crippen molar-refractivity contribution >= 4 is 55.6 Å². The van der Waals surface area contributed by atoms with Crippen LogP contribution in [0.2, 0.25) is 0 Å². The van der Waals surface area contributed by atoms with Crippen molar-refractivity contribution in [3.8, 4) is 23.3 Å². The average molecular weight is 913 g/mol. The second kappa shape index (κ2) is 17.8. The fraction of sp³-hybridized carbons (Fsp3) is 0.279. The van der Waals surface area contributed by atoms with Gasteiger partial charge >= 0.3 is 11.9 Å². The zero-order valence-electron chi connectivity index (χ0n) is 41.3. The van der Waals surface area contributed by atoms with E-state index in [2.05, 4.69) is 172 Å². The minimum Gasteiger partial charge on any atom is -0.477 e. The molecule has 0 aliphatic rings. The van der Waals surface area contributed by atoms with Gasteiger partial charge in [-0.1, -0.05) is 128 Å².